The molecular weight excluding hydrogens is 376 g/mol. The van der Waals surface area contributed by atoms with Gasteiger partial charge in [-0.25, -0.2) is 4.79 Å². The van der Waals surface area contributed by atoms with Gasteiger partial charge in [0.05, 0.1) is 31.1 Å². The van der Waals surface area contributed by atoms with Crippen LogP contribution in [-0.4, -0.2) is 31.5 Å². The molecule has 0 aliphatic carbocycles. The molecule has 2 amide bonds. The van der Waals surface area contributed by atoms with Crippen LogP contribution in [0.2, 0.25) is 0 Å². The van der Waals surface area contributed by atoms with Crippen LogP contribution in [0.4, 0.5) is 0 Å². The summed E-state index contributed by atoms with van der Waals surface area (Å²) in [7, 11) is 1.26. The number of carbonyl (C=O) groups is 3. The smallest absolute Gasteiger partial charge is 0.340 e. The van der Waals surface area contributed by atoms with Gasteiger partial charge >= 0.3 is 5.97 Å². The van der Waals surface area contributed by atoms with Crippen LogP contribution in [-0.2, 0) is 25.7 Å². The Morgan fingerprint density at radius 2 is 1.97 bits per heavy atom. The largest absolute Gasteiger partial charge is 0.484 e. The maximum absolute atomic E-state index is 12.1. The minimum absolute atomic E-state index is 0.141. The third kappa shape index (κ3) is 4.92. The molecule has 8 heteroatoms. The van der Waals surface area contributed by atoms with Crippen LogP contribution >= 0.6 is 0 Å². The van der Waals surface area contributed by atoms with E-state index in [-0.39, 0.29) is 29.6 Å². The van der Waals surface area contributed by atoms with E-state index in [9.17, 15) is 14.4 Å². The molecule has 0 spiro atoms. The molecule has 0 radical (unpaired) electrons. The average molecular weight is 396 g/mol. The van der Waals surface area contributed by atoms with Gasteiger partial charge in [0.1, 0.15) is 11.5 Å². The number of amides is 2. The van der Waals surface area contributed by atoms with Gasteiger partial charge in [-0.3, -0.25) is 9.59 Å². The third-order valence-corrected chi connectivity index (χ3v) is 4.18. The highest BCUT2D eigenvalue weighted by Gasteiger charge is 2.30. The minimum Gasteiger partial charge on any atom is -0.484 e. The zero-order valence-corrected chi connectivity index (χ0v) is 16.0. The van der Waals surface area contributed by atoms with E-state index in [1.165, 1.54) is 13.4 Å². The van der Waals surface area contributed by atoms with Crippen LogP contribution < -0.4 is 15.4 Å². The second-order valence-corrected chi connectivity index (χ2v) is 6.22. The molecule has 2 aromatic rings. The van der Waals surface area contributed by atoms with Crippen molar-refractivity contribution in [3.8, 4) is 5.75 Å². The van der Waals surface area contributed by atoms with Crippen molar-refractivity contribution in [1.82, 2.24) is 10.6 Å². The van der Waals surface area contributed by atoms with Crippen LogP contribution in [0.1, 0.15) is 18.2 Å². The van der Waals surface area contributed by atoms with Crippen molar-refractivity contribution in [1.29, 1.82) is 0 Å². The number of ether oxygens (including phenoxy) is 2. The van der Waals surface area contributed by atoms with Gasteiger partial charge in [0.2, 0.25) is 0 Å². The monoisotopic (exact) mass is 396 g/mol. The molecule has 0 atom stereocenters. The van der Waals surface area contributed by atoms with Crippen molar-refractivity contribution in [2.75, 3.05) is 13.7 Å². The molecule has 0 bridgehead atoms. The molecule has 8 nitrogen and oxygen atoms in total. The summed E-state index contributed by atoms with van der Waals surface area (Å²) < 4.78 is 15.3. The highest BCUT2D eigenvalue weighted by atomic mass is 16.5. The van der Waals surface area contributed by atoms with Gasteiger partial charge in [0.25, 0.3) is 11.8 Å². The molecule has 1 aromatic carbocycles. The molecule has 29 heavy (non-hydrogen) atoms. The highest BCUT2D eigenvalue weighted by molar-refractivity contribution is 6.16. The first-order valence-electron chi connectivity index (χ1n) is 8.82. The van der Waals surface area contributed by atoms with E-state index >= 15 is 0 Å². The number of carbonyl (C=O) groups excluding carboxylic acids is 3. The van der Waals surface area contributed by atoms with Gasteiger partial charge in [-0.2, -0.15) is 0 Å². The fourth-order valence-electron chi connectivity index (χ4n) is 2.74. The van der Waals surface area contributed by atoms with Crippen molar-refractivity contribution in [2.24, 2.45) is 0 Å². The molecule has 150 valence electrons. The second kappa shape index (κ2) is 8.92. The zero-order chi connectivity index (χ0) is 20.8. The van der Waals surface area contributed by atoms with E-state index in [4.69, 9.17) is 13.9 Å². The van der Waals surface area contributed by atoms with Gasteiger partial charge in [-0.1, -0.05) is 12.1 Å². The number of hydrogen-bond donors (Lipinski definition) is 2. The number of benzene rings is 1. The Labute approximate surface area is 167 Å². The van der Waals surface area contributed by atoms with Crippen LogP contribution in [0.15, 0.2) is 63.9 Å². The van der Waals surface area contributed by atoms with Crippen molar-refractivity contribution in [3.05, 3.63) is 70.8 Å². The Morgan fingerprint density at radius 1 is 1.21 bits per heavy atom. The SMILES string of the molecule is COC(=O)C1=C(C)NC(=O)/C1=C/c1ccc(OCC(=O)NCc2ccco2)cc1. The molecule has 0 fully saturated rings. The molecule has 1 aliphatic heterocycles. The van der Waals surface area contributed by atoms with Crippen molar-refractivity contribution < 1.29 is 28.3 Å². The molecule has 0 saturated heterocycles. The number of methoxy groups -OCH3 is 1. The summed E-state index contributed by atoms with van der Waals surface area (Å²) in [6.45, 7) is 1.79. The number of esters is 1. The summed E-state index contributed by atoms with van der Waals surface area (Å²) >= 11 is 0. The lowest BCUT2D eigenvalue weighted by atomic mass is 10.0. The molecular formula is C21H20N2O6. The molecule has 2 N–H and O–H groups in total. The molecule has 0 unspecified atom stereocenters. The standard InChI is InChI=1S/C21H20N2O6/c1-13-19(21(26)27-2)17(20(25)23-13)10-14-5-7-15(8-6-14)29-12-18(24)22-11-16-4-3-9-28-16/h3-10H,11-12H2,1-2H3,(H,22,24)(H,23,25)/b17-10+. The van der Waals surface area contributed by atoms with E-state index in [0.29, 0.717) is 29.3 Å². The number of rotatable bonds is 7. The molecule has 2 heterocycles. The predicted octanol–water partition coefficient (Wildman–Crippen LogP) is 1.93. The van der Waals surface area contributed by atoms with Gasteiger partial charge in [0, 0.05) is 5.70 Å². The van der Waals surface area contributed by atoms with E-state index in [1.807, 2.05) is 0 Å². The first kappa shape index (κ1) is 19.9. The first-order chi connectivity index (χ1) is 14.0. The summed E-state index contributed by atoms with van der Waals surface area (Å²) in [5.41, 5.74) is 1.60. The Morgan fingerprint density at radius 3 is 2.62 bits per heavy atom. The quantitative estimate of drug-likeness (QED) is 0.547. The number of furan rings is 1. The van der Waals surface area contributed by atoms with Crippen LogP contribution in [0.5, 0.6) is 5.75 Å². The molecule has 3 rings (SSSR count). The summed E-state index contributed by atoms with van der Waals surface area (Å²) in [5, 5.41) is 5.30. The number of hydrogen-bond acceptors (Lipinski definition) is 6. The Hall–Kier alpha value is -3.81. The van der Waals surface area contributed by atoms with Crippen molar-refractivity contribution >= 4 is 23.9 Å². The Balaban J connectivity index is 1.60. The van der Waals surface area contributed by atoms with E-state index in [0.717, 1.165) is 0 Å². The fourth-order valence-corrected chi connectivity index (χ4v) is 2.74. The van der Waals surface area contributed by atoms with E-state index in [2.05, 4.69) is 10.6 Å². The summed E-state index contributed by atoms with van der Waals surface area (Å²) in [4.78, 5) is 35.9. The van der Waals surface area contributed by atoms with Crippen LogP contribution in [0, 0.1) is 0 Å². The minimum atomic E-state index is -0.576. The van der Waals surface area contributed by atoms with Gasteiger partial charge in [-0.15, -0.1) is 0 Å². The zero-order valence-electron chi connectivity index (χ0n) is 16.0. The lowest BCUT2D eigenvalue weighted by molar-refractivity contribution is -0.136. The summed E-state index contributed by atoms with van der Waals surface area (Å²) in [6.07, 6.45) is 3.13. The fraction of sp³-hybridized carbons (Fsp3) is 0.190. The van der Waals surface area contributed by atoms with Gasteiger partial charge < -0.3 is 24.5 Å². The lowest BCUT2D eigenvalue weighted by Gasteiger charge is -2.07. The van der Waals surface area contributed by atoms with E-state index in [1.54, 1.807) is 49.4 Å². The summed E-state index contributed by atoms with van der Waals surface area (Å²) in [5.74, 6) is -0.0685. The predicted molar refractivity (Wildman–Crippen MR) is 103 cm³/mol. The average Bonchev–Trinajstić information content (AvgIpc) is 3.33. The van der Waals surface area contributed by atoms with E-state index < -0.39 is 5.97 Å². The second-order valence-electron chi connectivity index (χ2n) is 6.22. The van der Waals surface area contributed by atoms with Crippen molar-refractivity contribution in [2.45, 2.75) is 13.5 Å². The van der Waals surface area contributed by atoms with Crippen LogP contribution in [0.3, 0.4) is 0 Å². The third-order valence-electron chi connectivity index (χ3n) is 4.18. The van der Waals surface area contributed by atoms with Crippen molar-refractivity contribution in [3.63, 3.8) is 0 Å². The number of nitrogens with one attached hydrogen (secondary N) is 2. The lowest BCUT2D eigenvalue weighted by Crippen LogP contribution is -2.28. The van der Waals surface area contributed by atoms with Gasteiger partial charge in [-0.05, 0) is 42.8 Å². The highest BCUT2D eigenvalue weighted by Crippen LogP contribution is 2.25. The Kier molecular flexibility index (Phi) is 6.13. The van der Waals surface area contributed by atoms with Crippen LogP contribution in [0.25, 0.3) is 6.08 Å². The maximum atomic E-state index is 12.1. The summed E-state index contributed by atoms with van der Waals surface area (Å²) in [6, 6.07) is 10.3. The molecule has 0 saturated carbocycles. The number of allylic oxidation sites excluding steroid dienone is 1. The first-order valence-corrected chi connectivity index (χ1v) is 8.82. The van der Waals surface area contributed by atoms with Gasteiger partial charge in [0.15, 0.2) is 6.61 Å². The molecule has 1 aliphatic rings. The normalized spacial score (nSPS) is 14.7. The Bertz CT molecular complexity index is 971. The molecule has 1 aromatic heterocycles. The maximum Gasteiger partial charge on any atom is 0.340 e. The topological polar surface area (TPSA) is 107 Å².